The average Bonchev–Trinajstić information content (AvgIpc) is 2.93. The fourth-order valence-electron chi connectivity index (χ4n) is 9.11. The molecule has 0 nitrogen and oxygen atoms in total. The van der Waals surface area contributed by atoms with E-state index in [9.17, 15) is 0 Å². The van der Waals surface area contributed by atoms with E-state index < -0.39 is 0 Å². The minimum absolute atomic E-state index is 0.887. The van der Waals surface area contributed by atoms with Crippen molar-refractivity contribution < 1.29 is 0 Å². The number of hydrogen-bond acceptors (Lipinski definition) is 0. The maximum absolute atomic E-state index is 2.41. The predicted octanol–water partition coefficient (Wildman–Crippen LogP) is 14.2. The topological polar surface area (TPSA) is 0 Å². The van der Waals surface area contributed by atoms with Crippen molar-refractivity contribution in [3.05, 3.63) is 0 Å². The van der Waals surface area contributed by atoms with Crippen LogP contribution >= 0.6 is 0 Å². The first kappa shape index (κ1) is 36.2. The van der Waals surface area contributed by atoms with Gasteiger partial charge in [0.15, 0.2) is 0 Å². The molecule has 2 rings (SSSR count). The van der Waals surface area contributed by atoms with E-state index >= 15 is 0 Å². The molecule has 0 N–H and O–H groups in total. The van der Waals surface area contributed by atoms with E-state index in [-0.39, 0.29) is 0 Å². The molecule has 6 unspecified atom stereocenters. The molecule has 0 amide bonds. The molecule has 2 fully saturated rings. The van der Waals surface area contributed by atoms with Crippen molar-refractivity contribution in [3.63, 3.8) is 0 Å². The minimum atomic E-state index is 0.887. The molecule has 2 saturated carbocycles. The Kier molecular flexibility index (Phi) is 20.4. The lowest BCUT2D eigenvalue weighted by Gasteiger charge is -2.51. The predicted molar refractivity (Wildman–Crippen MR) is 182 cm³/mol. The highest BCUT2D eigenvalue weighted by Gasteiger charge is 2.44. The standard InChI is InChI=1S/C40H78/c1-7-9-11-20-27-37-32-40-38(31-36(37)25-10-8-2)30-29-35(26-21-16-12-14-18-23-33(3)4)39(40)28-22-17-13-15-19-24-34(5)6/h33-40H,7-32H2,1-6H3. The third-order valence-corrected chi connectivity index (χ3v) is 11.5. The first-order chi connectivity index (χ1) is 19.5. The van der Waals surface area contributed by atoms with Crippen LogP contribution in [0.5, 0.6) is 0 Å². The Morgan fingerprint density at radius 3 is 1.52 bits per heavy atom. The van der Waals surface area contributed by atoms with Crippen LogP contribution in [0, 0.1) is 47.3 Å². The van der Waals surface area contributed by atoms with Gasteiger partial charge in [0.25, 0.3) is 0 Å². The fourth-order valence-corrected chi connectivity index (χ4v) is 9.11. The van der Waals surface area contributed by atoms with Crippen molar-refractivity contribution in [1.29, 1.82) is 0 Å². The minimum Gasteiger partial charge on any atom is -0.0654 e. The lowest BCUT2D eigenvalue weighted by Crippen LogP contribution is -2.42. The highest BCUT2D eigenvalue weighted by atomic mass is 14.5. The summed E-state index contributed by atoms with van der Waals surface area (Å²) in [5.74, 6) is 8.19. The van der Waals surface area contributed by atoms with Crippen LogP contribution in [0.4, 0.5) is 0 Å². The molecule has 0 bridgehead atoms. The average molecular weight is 559 g/mol. The van der Waals surface area contributed by atoms with Gasteiger partial charge in [-0.15, -0.1) is 0 Å². The molecule has 0 saturated heterocycles. The van der Waals surface area contributed by atoms with Gasteiger partial charge in [-0.3, -0.25) is 0 Å². The van der Waals surface area contributed by atoms with Crippen LogP contribution in [0.2, 0.25) is 0 Å². The number of rotatable bonds is 24. The Morgan fingerprint density at radius 2 is 0.925 bits per heavy atom. The Labute approximate surface area is 255 Å². The fraction of sp³-hybridized carbons (Fsp3) is 1.00. The zero-order valence-corrected chi connectivity index (χ0v) is 29.0. The normalized spacial score (nSPS) is 27.0. The lowest BCUT2D eigenvalue weighted by molar-refractivity contribution is -0.00857. The molecule has 6 atom stereocenters. The molecular weight excluding hydrogens is 480 g/mol. The highest BCUT2D eigenvalue weighted by molar-refractivity contribution is 4.94. The molecule has 2 aliphatic carbocycles. The van der Waals surface area contributed by atoms with Crippen molar-refractivity contribution in [2.75, 3.05) is 0 Å². The maximum atomic E-state index is 2.41. The van der Waals surface area contributed by atoms with Gasteiger partial charge < -0.3 is 0 Å². The summed E-state index contributed by atoms with van der Waals surface area (Å²) in [5.41, 5.74) is 0. The first-order valence-corrected chi connectivity index (χ1v) is 19.5. The summed E-state index contributed by atoms with van der Waals surface area (Å²) in [6.07, 6.45) is 39.1. The molecule has 2 aliphatic rings. The van der Waals surface area contributed by atoms with Gasteiger partial charge in [-0.1, -0.05) is 176 Å². The van der Waals surface area contributed by atoms with Crippen molar-refractivity contribution in [2.45, 2.75) is 208 Å². The Hall–Kier alpha value is 0. The van der Waals surface area contributed by atoms with E-state index in [0.717, 1.165) is 47.3 Å². The molecule has 0 aromatic rings. The molecule has 0 aromatic heterocycles. The summed E-state index contributed by atoms with van der Waals surface area (Å²) in [5, 5.41) is 0. The van der Waals surface area contributed by atoms with Crippen molar-refractivity contribution in [1.82, 2.24) is 0 Å². The van der Waals surface area contributed by atoms with Crippen LogP contribution in [0.1, 0.15) is 208 Å². The van der Waals surface area contributed by atoms with Gasteiger partial charge >= 0.3 is 0 Å². The summed E-state index contributed by atoms with van der Waals surface area (Å²) in [7, 11) is 0. The van der Waals surface area contributed by atoms with Crippen LogP contribution < -0.4 is 0 Å². The summed E-state index contributed by atoms with van der Waals surface area (Å²) in [6.45, 7) is 14.3. The van der Waals surface area contributed by atoms with Crippen LogP contribution in [0.15, 0.2) is 0 Å². The maximum Gasteiger partial charge on any atom is -0.0352 e. The van der Waals surface area contributed by atoms with Crippen molar-refractivity contribution >= 4 is 0 Å². The van der Waals surface area contributed by atoms with E-state index in [2.05, 4.69) is 41.5 Å². The van der Waals surface area contributed by atoms with Crippen molar-refractivity contribution in [2.24, 2.45) is 47.3 Å². The summed E-state index contributed by atoms with van der Waals surface area (Å²) in [4.78, 5) is 0. The Morgan fingerprint density at radius 1 is 0.450 bits per heavy atom. The van der Waals surface area contributed by atoms with E-state index in [1.54, 1.807) is 51.4 Å². The molecule has 0 radical (unpaired) electrons. The number of unbranched alkanes of at least 4 members (excludes halogenated alkanes) is 12. The zero-order chi connectivity index (χ0) is 29.0. The molecule has 40 heavy (non-hydrogen) atoms. The number of fused-ring (bicyclic) bond motifs is 1. The smallest absolute Gasteiger partial charge is 0.0352 e. The van der Waals surface area contributed by atoms with Gasteiger partial charge in [0.1, 0.15) is 0 Å². The van der Waals surface area contributed by atoms with Gasteiger partial charge in [-0.05, 0) is 79.4 Å². The largest absolute Gasteiger partial charge is 0.0654 e. The van der Waals surface area contributed by atoms with E-state index in [1.807, 2.05) is 0 Å². The van der Waals surface area contributed by atoms with E-state index in [4.69, 9.17) is 0 Å². The van der Waals surface area contributed by atoms with Gasteiger partial charge in [0.05, 0.1) is 0 Å². The second kappa shape index (κ2) is 22.5. The molecular formula is C40H78. The summed E-state index contributed by atoms with van der Waals surface area (Å²) >= 11 is 0. The number of hydrogen-bond donors (Lipinski definition) is 0. The molecule has 0 aliphatic heterocycles. The lowest BCUT2D eigenvalue weighted by atomic mass is 9.54. The quantitative estimate of drug-likeness (QED) is 0.103. The SMILES string of the molecule is CCCCCCC1CC2C(CCC(CCCCCCCC(C)C)C2CCCCCCCC(C)C)CC1CCCC. The molecule has 0 heterocycles. The van der Waals surface area contributed by atoms with Gasteiger partial charge in [0.2, 0.25) is 0 Å². The van der Waals surface area contributed by atoms with E-state index in [1.165, 1.54) is 116 Å². The van der Waals surface area contributed by atoms with Crippen LogP contribution in [-0.2, 0) is 0 Å². The summed E-state index contributed by atoms with van der Waals surface area (Å²) in [6, 6.07) is 0. The second-order valence-corrected chi connectivity index (χ2v) is 15.9. The van der Waals surface area contributed by atoms with Gasteiger partial charge in [-0.2, -0.15) is 0 Å². The van der Waals surface area contributed by atoms with Crippen molar-refractivity contribution in [3.8, 4) is 0 Å². The third-order valence-electron chi connectivity index (χ3n) is 11.5. The molecule has 0 aromatic carbocycles. The highest BCUT2D eigenvalue weighted by Crippen LogP contribution is 2.54. The molecule has 238 valence electrons. The summed E-state index contributed by atoms with van der Waals surface area (Å²) < 4.78 is 0. The van der Waals surface area contributed by atoms with E-state index in [0.29, 0.717) is 0 Å². The van der Waals surface area contributed by atoms with Gasteiger partial charge in [-0.25, -0.2) is 0 Å². The van der Waals surface area contributed by atoms with Crippen LogP contribution in [0.25, 0.3) is 0 Å². The zero-order valence-electron chi connectivity index (χ0n) is 29.0. The Bertz CT molecular complexity index is 560. The van der Waals surface area contributed by atoms with Crippen LogP contribution in [-0.4, -0.2) is 0 Å². The van der Waals surface area contributed by atoms with Gasteiger partial charge in [0, 0.05) is 0 Å². The molecule has 0 spiro atoms. The monoisotopic (exact) mass is 559 g/mol. The third kappa shape index (κ3) is 14.9. The molecule has 0 heteroatoms. The Balaban J connectivity index is 1.94. The van der Waals surface area contributed by atoms with Crippen LogP contribution in [0.3, 0.4) is 0 Å². The second-order valence-electron chi connectivity index (χ2n) is 15.9. The first-order valence-electron chi connectivity index (χ1n) is 19.5.